The van der Waals surface area contributed by atoms with Gasteiger partial charge >= 0.3 is 5.97 Å². The zero-order chi connectivity index (χ0) is 18.7. The van der Waals surface area contributed by atoms with Crippen molar-refractivity contribution in [1.82, 2.24) is 24.7 Å². The molecule has 3 aromatic heterocycles. The molecule has 0 saturated carbocycles. The van der Waals surface area contributed by atoms with E-state index in [1.54, 1.807) is 14.0 Å². The Balaban J connectivity index is 1.56. The van der Waals surface area contributed by atoms with Crippen molar-refractivity contribution in [3.05, 3.63) is 35.8 Å². The Kier molecular flexibility index (Phi) is 5.15. The van der Waals surface area contributed by atoms with Crippen LogP contribution < -0.4 is 4.72 Å². The number of hydrogen-bond acceptors (Lipinski definition) is 9. The fourth-order valence-electron chi connectivity index (χ4n) is 1.96. The molecule has 1 atom stereocenters. The third kappa shape index (κ3) is 4.15. The summed E-state index contributed by atoms with van der Waals surface area (Å²) in [5, 5.41) is 13.4. The number of hydrogen-bond donors (Lipinski definition) is 1. The lowest BCUT2D eigenvalue weighted by molar-refractivity contribution is -0.148. The van der Waals surface area contributed by atoms with Gasteiger partial charge < -0.3 is 9.15 Å². The smallest absolute Gasteiger partial charge is 0.321 e. The molecule has 26 heavy (non-hydrogen) atoms. The first-order valence-corrected chi connectivity index (χ1v) is 9.76. The number of thiophene rings is 1. The van der Waals surface area contributed by atoms with E-state index in [0.717, 1.165) is 4.88 Å². The van der Waals surface area contributed by atoms with Crippen LogP contribution in [-0.2, 0) is 26.6 Å². The van der Waals surface area contributed by atoms with E-state index in [4.69, 9.17) is 9.15 Å². The molecule has 0 aliphatic carbocycles. The number of ether oxygens (including phenoxy) is 1. The van der Waals surface area contributed by atoms with Crippen LogP contribution in [0.3, 0.4) is 0 Å². The number of nitrogens with zero attached hydrogens (tertiary/aromatic N) is 4. The molecule has 0 saturated heterocycles. The summed E-state index contributed by atoms with van der Waals surface area (Å²) < 4.78 is 38.1. The largest absolute Gasteiger partial charge is 0.452 e. The van der Waals surface area contributed by atoms with Crippen LogP contribution in [0.1, 0.15) is 18.9 Å². The number of carbonyl (C=O) groups excluding carboxylic acids is 1. The van der Waals surface area contributed by atoms with E-state index in [1.807, 2.05) is 17.5 Å². The fourth-order valence-corrected chi connectivity index (χ4v) is 3.56. The maximum absolute atomic E-state index is 12.0. The van der Waals surface area contributed by atoms with Gasteiger partial charge in [0.25, 0.3) is 11.8 Å². The highest BCUT2D eigenvalue weighted by molar-refractivity contribution is 7.89. The fraction of sp³-hybridized carbons (Fsp3) is 0.286. The second-order valence-corrected chi connectivity index (χ2v) is 7.94. The molecule has 10 nitrogen and oxygen atoms in total. The minimum absolute atomic E-state index is 0.0432. The molecular weight excluding hydrogens is 382 g/mol. The SMILES string of the molecule is CC(OC(=O)CNS(=O)(=O)c1cnn(C)c1)c1nnc(-c2cccs2)o1. The van der Waals surface area contributed by atoms with Crippen LogP contribution in [0.25, 0.3) is 10.8 Å². The van der Waals surface area contributed by atoms with E-state index in [1.165, 1.54) is 28.4 Å². The van der Waals surface area contributed by atoms with Gasteiger partial charge in [0, 0.05) is 13.2 Å². The van der Waals surface area contributed by atoms with Crippen molar-refractivity contribution in [3.63, 3.8) is 0 Å². The lowest BCUT2D eigenvalue weighted by atomic mass is 10.4. The van der Waals surface area contributed by atoms with Crippen LogP contribution in [0.2, 0.25) is 0 Å². The first-order valence-electron chi connectivity index (χ1n) is 7.40. The highest BCUT2D eigenvalue weighted by Gasteiger charge is 2.22. The molecule has 0 aliphatic rings. The van der Waals surface area contributed by atoms with Crippen molar-refractivity contribution in [1.29, 1.82) is 0 Å². The second-order valence-electron chi connectivity index (χ2n) is 5.23. The number of aryl methyl sites for hydroxylation is 1. The van der Waals surface area contributed by atoms with E-state index in [-0.39, 0.29) is 10.8 Å². The van der Waals surface area contributed by atoms with Crippen LogP contribution in [0.4, 0.5) is 0 Å². The Morgan fingerprint density at radius 2 is 2.27 bits per heavy atom. The van der Waals surface area contributed by atoms with Gasteiger partial charge in [-0.1, -0.05) is 6.07 Å². The normalized spacial score (nSPS) is 12.8. The van der Waals surface area contributed by atoms with E-state index >= 15 is 0 Å². The van der Waals surface area contributed by atoms with Crippen molar-refractivity contribution < 1.29 is 22.4 Å². The molecule has 0 aromatic carbocycles. The highest BCUT2D eigenvalue weighted by atomic mass is 32.2. The van der Waals surface area contributed by atoms with Crippen LogP contribution in [0.15, 0.2) is 39.2 Å². The van der Waals surface area contributed by atoms with Crippen molar-refractivity contribution in [3.8, 4) is 10.8 Å². The number of carbonyl (C=O) groups is 1. The lowest BCUT2D eigenvalue weighted by Gasteiger charge is -2.09. The van der Waals surface area contributed by atoms with Crippen molar-refractivity contribution >= 4 is 27.3 Å². The monoisotopic (exact) mass is 397 g/mol. The Morgan fingerprint density at radius 1 is 1.46 bits per heavy atom. The van der Waals surface area contributed by atoms with Crippen LogP contribution in [0.5, 0.6) is 0 Å². The topological polar surface area (TPSA) is 129 Å². The zero-order valence-electron chi connectivity index (χ0n) is 13.8. The first kappa shape index (κ1) is 18.2. The average Bonchev–Trinajstić information content (AvgIpc) is 3.33. The number of nitrogens with one attached hydrogen (secondary N) is 1. The Bertz CT molecular complexity index is 993. The van der Waals surface area contributed by atoms with Crippen LogP contribution in [-0.4, -0.2) is 40.9 Å². The summed E-state index contributed by atoms with van der Waals surface area (Å²) in [6.45, 7) is 1.02. The molecule has 0 aliphatic heterocycles. The molecule has 3 rings (SSSR count). The molecule has 0 fully saturated rings. The minimum Gasteiger partial charge on any atom is -0.452 e. The predicted octanol–water partition coefficient (Wildman–Crippen LogP) is 1.11. The molecule has 1 unspecified atom stereocenters. The third-order valence-electron chi connectivity index (χ3n) is 3.23. The van der Waals surface area contributed by atoms with E-state index in [2.05, 4.69) is 20.0 Å². The van der Waals surface area contributed by atoms with Crippen molar-refractivity contribution in [2.75, 3.05) is 6.54 Å². The third-order valence-corrected chi connectivity index (χ3v) is 5.44. The summed E-state index contributed by atoms with van der Waals surface area (Å²) in [6, 6.07) is 3.67. The number of aromatic nitrogens is 4. The predicted molar refractivity (Wildman–Crippen MR) is 90.5 cm³/mol. The van der Waals surface area contributed by atoms with Gasteiger partial charge in [0.15, 0.2) is 6.10 Å². The molecular formula is C14H15N5O5S2. The van der Waals surface area contributed by atoms with Crippen molar-refractivity contribution in [2.45, 2.75) is 17.9 Å². The van der Waals surface area contributed by atoms with Gasteiger partial charge in [0.1, 0.15) is 11.4 Å². The van der Waals surface area contributed by atoms with Gasteiger partial charge in [-0.2, -0.15) is 9.82 Å². The van der Waals surface area contributed by atoms with Crippen LogP contribution >= 0.6 is 11.3 Å². The molecule has 0 amide bonds. The van der Waals surface area contributed by atoms with Crippen LogP contribution in [0, 0.1) is 0 Å². The quantitative estimate of drug-likeness (QED) is 0.587. The van der Waals surface area contributed by atoms with E-state index < -0.39 is 28.6 Å². The first-order chi connectivity index (χ1) is 12.3. The second kappa shape index (κ2) is 7.35. The minimum atomic E-state index is -3.84. The van der Waals surface area contributed by atoms with Gasteiger partial charge in [-0.3, -0.25) is 9.48 Å². The zero-order valence-corrected chi connectivity index (χ0v) is 15.5. The highest BCUT2D eigenvalue weighted by Crippen LogP contribution is 2.25. The summed E-state index contributed by atoms with van der Waals surface area (Å²) in [4.78, 5) is 12.6. The lowest BCUT2D eigenvalue weighted by Crippen LogP contribution is -2.31. The molecule has 138 valence electrons. The van der Waals surface area contributed by atoms with Gasteiger partial charge in [-0.25, -0.2) is 8.42 Å². The van der Waals surface area contributed by atoms with Gasteiger partial charge in [0.05, 0.1) is 11.1 Å². The summed E-state index contributed by atoms with van der Waals surface area (Å²) in [7, 11) is -2.26. The van der Waals surface area contributed by atoms with Gasteiger partial charge in [-0.05, 0) is 18.4 Å². The molecule has 0 radical (unpaired) electrons. The molecule has 3 aromatic rings. The standard InChI is InChI=1S/C14H15N5O5S2/c1-9(13-17-18-14(24-13)11-4-3-5-25-11)23-12(20)7-16-26(21,22)10-6-15-19(2)8-10/h3-6,8-9,16H,7H2,1-2H3. The number of esters is 1. The Hall–Kier alpha value is -2.57. The van der Waals surface area contributed by atoms with E-state index in [9.17, 15) is 13.2 Å². The Morgan fingerprint density at radius 3 is 2.92 bits per heavy atom. The average molecular weight is 397 g/mol. The molecule has 0 bridgehead atoms. The summed E-state index contributed by atoms with van der Waals surface area (Å²) in [6.07, 6.45) is 1.69. The summed E-state index contributed by atoms with van der Waals surface area (Å²) in [5.74, 6) is -0.326. The number of sulfonamides is 1. The molecule has 0 spiro atoms. The summed E-state index contributed by atoms with van der Waals surface area (Å²) in [5.41, 5.74) is 0. The molecule has 1 N–H and O–H groups in total. The number of rotatable bonds is 7. The Labute approximate surface area is 152 Å². The summed E-state index contributed by atoms with van der Waals surface area (Å²) >= 11 is 1.44. The maximum atomic E-state index is 12.0. The molecule has 3 heterocycles. The maximum Gasteiger partial charge on any atom is 0.321 e. The van der Waals surface area contributed by atoms with E-state index in [0.29, 0.717) is 5.89 Å². The van der Waals surface area contributed by atoms with Gasteiger partial charge in [0.2, 0.25) is 10.0 Å². The molecule has 12 heteroatoms. The van der Waals surface area contributed by atoms with Gasteiger partial charge in [-0.15, -0.1) is 21.5 Å². The van der Waals surface area contributed by atoms with Crippen molar-refractivity contribution in [2.24, 2.45) is 7.05 Å².